The molecule has 2 heterocycles. The highest BCUT2D eigenvalue weighted by molar-refractivity contribution is 8.01. The molecule has 2 aliphatic rings. The minimum absolute atomic E-state index is 0.240. The van der Waals surface area contributed by atoms with Crippen molar-refractivity contribution in [2.45, 2.75) is 25.1 Å². The highest BCUT2D eigenvalue weighted by Crippen LogP contribution is 2.23. The average Bonchev–Trinajstić information content (AvgIpc) is 2.90. The van der Waals surface area contributed by atoms with Gasteiger partial charge in [-0.2, -0.15) is 11.8 Å². The molecule has 0 spiro atoms. The molecule has 0 aliphatic carbocycles. The minimum Gasteiger partial charge on any atom is -0.316 e. The maximum atomic E-state index is 12.1. The molecule has 0 radical (unpaired) electrons. The third-order valence-corrected chi connectivity index (χ3v) is 7.33. The zero-order chi connectivity index (χ0) is 13.0. The molecule has 2 aliphatic heterocycles. The van der Waals surface area contributed by atoms with Crippen LogP contribution in [0.25, 0.3) is 0 Å². The molecule has 4 nitrogen and oxygen atoms in total. The molecule has 0 bridgehead atoms. The van der Waals surface area contributed by atoms with Gasteiger partial charge in [0.05, 0.1) is 0 Å². The van der Waals surface area contributed by atoms with Gasteiger partial charge in [0.15, 0.2) is 9.84 Å². The third-order valence-electron chi connectivity index (χ3n) is 3.99. The van der Waals surface area contributed by atoms with E-state index < -0.39 is 9.84 Å². The zero-order valence-corrected chi connectivity index (χ0v) is 12.7. The third kappa shape index (κ3) is 3.62. The van der Waals surface area contributed by atoms with Crippen molar-refractivity contribution in [3.05, 3.63) is 0 Å². The van der Waals surface area contributed by atoms with E-state index in [2.05, 4.69) is 10.2 Å². The normalized spacial score (nSPS) is 30.7. The molecule has 0 aromatic carbocycles. The van der Waals surface area contributed by atoms with Gasteiger partial charge in [0.25, 0.3) is 0 Å². The maximum absolute atomic E-state index is 12.1. The Labute approximate surface area is 115 Å². The number of thioether (sulfide) groups is 1. The van der Waals surface area contributed by atoms with Crippen molar-refractivity contribution in [3.8, 4) is 0 Å². The summed E-state index contributed by atoms with van der Waals surface area (Å²) in [6.07, 6.45) is 2.38. The molecule has 2 fully saturated rings. The Morgan fingerprint density at radius 1 is 1.44 bits per heavy atom. The standard InChI is InChI=1S/C12H24N2O2S2/c1-2-18(15,16)12-10-17-8-7-14(12)6-4-11-3-5-13-9-11/h11-13H,2-10H2,1H3. The molecule has 0 aromatic heterocycles. The number of hydrogen-bond acceptors (Lipinski definition) is 5. The summed E-state index contributed by atoms with van der Waals surface area (Å²) in [4.78, 5) is 2.20. The molecule has 1 N–H and O–H groups in total. The predicted octanol–water partition coefficient (Wildman–Crippen LogP) is 0.796. The van der Waals surface area contributed by atoms with E-state index in [-0.39, 0.29) is 11.1 Å². The molecule has 18 heavy (non-hydrogen) atoms. The number of sulfone groups is 1. The van der Waals surface area contributed by atoms with Gasteiger partial charge in [0.1, 0.15) is 5.37 Å². The molecule has 2 rings (SSSR count). The Hall–Kier alpha value is 0.220. The lowest BCUT2D eigenvalue weighted by molar-refractivity contribution is 0.250. The summed E-state index contributed by atoms with van der Waals surface area (Å²) >= 11 is 1.77. The van der Waals surface area contributed by atoms with Gasteiger partial charge in [-0.15, -0.1) is 0 Å². The van der Waals surface area contributed by atoms with E-state index in [0.717, 1.165) is 50.0 Å². The molecule has 2 unspecified atom stereocenters. The van der Waals surface area contributed by atoms with Crippen molar-refractivity contribution in [1.29, 1.82) is 0 Å². The topological polar surface area (TPSA) is 49.4 Å². The minimum atomic E-state index is -2.93. The van der Waals surface area contributed by atoms with Crippen LogP contribution in [-0.4, -0.2) is 62.1 Å². The van der Waals surface area contributed by atoms with Crippen LogP contribution in [0.2, 0.25) is 0 Å². The van der Waals surface area contributed by atoms with Crippen molar-refractivity contribution < 1.29 is 8.42 Å². The van der Waals surface area contributed by atoms with Crippen molar-refractivity contribution in [3.63, 3.8) is 0 Å². The van der Waals surface area contributed by atoms with E-state index in [4.69, 9.17) is 0 Å². The zero-order valence-electron chi connectivity index (χ0n) is 11.1. The van der Waals surface area contributed by atoms with Gasteiger partial charge in [-0.05, 0) is 38.4 Å². The number of nitrogens with zero attached hydrogens (tertiary/aromatic N) is 1. The van der Waals surface area contributed by atoms with E-state index in [1.165, 1.54) is 6.42 Å². The number of rotatable bonds is 5. The molecule has 0 saturated carbocycles. The molecule has 0 amide bonds. The van der Waals surface area contributed by atoms with Crippen molar-refractivity contribution in [1.82, 2.24) is 10.2 Å². The summed E-state index contributed by atoms with van der Waals surface area (Å²) in [6.45, 7) is 5.85. The SMILES string of the molecule is CCS(=O)(=O)C1CSCCN1CCC1CCNC1. The highest BCUT2D eigenvalue weighted by Gasteiger charge is 2.32. The summed E-state index contributed by atoms with van der Waals surface area (Å²) in [5.41, 5.74) is 0. The number of hydrogen-bond donors (Lipinski definition) is 1. The lowest BCUT2D eigenvalue weighted by Gasteiger charge is -2.35. The van der Waals surface area contributed by atoms with E-state index in [1.807, 2.05) is 0 Å². The molecule has 106 valence electrons. The fourth-order valence-corrected chi connectivity index (χ4v) is 5.81. The Kier molecular flexibility index (Phi) is 5.35. The van der Waals surface area contributed by atoms with Crippen LogP contribution in [0.1, 0.15) is 19.8 Å². The molecular weight excluding hydrogens is 268 g/mol. The molecular formula is C12H24N2O2S2. The second-order valence-electron chi connectivity index (χ2n) is 5.16. The van der Waals surface area contributed by atoms with Gasteiger partial charge >= 0.3 is 0 Å². The van der Waals surface area contributed by atoms with Crippen LogP contribution < -0.4 is 5.32 Å². The summed E-state index contributed by atoms with van der Waals surface area (Å²) in [7, 11) is -2.93. The van der Waals surface area contributed by atoms with E-state index >= 15 is 0 Å². The molecule has 2 saturated heterocycles. The second-order valence-corrected chi connectivity index (χ2v) is 8.76. The monoisotopic (exact) mass is 292 g/mol. The van der Waals surface area contributed by atoms with Gasteiger partial charge in [-0.3, -0.25) is 4.90 Å². The first-order valence-electron chi connectivity index (χ1n) is 6.87. The first-order chi connectivity index (χ1) is 8.63. The van der Waals surface area contributed by atoms with Gasteiger partial charge in [0.2, 0.25) is 0 Å². The second kappa shape index (κ2) is 6.59. The smallest absolute Gasteiger partial charge is 0.166 e. The fraction of sp³-hybridized carbons (Fsp3) is 1.00. The van der Waals surface area contributed by atoms with E-state index in [1.54, 1.807) is 18.7 Å². The maximum Gasteiger partial charge on any atom is 0.166 e. The Bertz CT molecular complexity index is 353. The predicted molar refractivity (Wildman–Crippen MR) is 77.7 cm³/mol. The first-order valence-corrected chi connectivity index (χ1v) is 9.74. The van der Waals surface area contributed by atoms with Gasteiger partial charge in [-0.25, -0.2) is 8.42 Å². The van der Waals surface area contributed by atoms with Crippen LogP contribution in [-0.2, 0) is 9.84 Å². The Morgan fingerprint density at radius 3 is 2.94 bits per heavy atom. The summed E-state index contributed by atoms with van der Waals surface area (Å²) in [6, 6.07) is 0. The largest absolute Gasteiger partial charge is 0.316 e. The van der Waals surface area contributed by atoms with Crippen LogP contribution in [0.15, 0.2) is 0 Å². The summed E-state index contributed by atoms with van der Waals surface area (Å²) in [5.74, 6) is 2.82. The van der Waals surface area contributed by atoms with Crippen LogP contribution >= 0.6 is 11.8 Å². The molecule has 0 aromatic rings. The van der Waals surface area contributed by atoms with Crippen molar-refractivity contribution >= 4 is 21.6 Å². The first kappa shape index (κ1) is 14.6. The lowest BCUT2D eigenvalue weighted by Crippen LogP contribution is -2.48. The number of nitrogens with one attached hydrogen (secondary N) is 1. The highest BCUT2D eigenvalue weighted by atomic mass is 32.2. The summed E-state index contributed by atoms with van der Waals surface area (Å²) < 4.78 is 24.2. The molecule has 6 heteroatoms. The van der Waals surface area contributed by atoms with Crippen LogP contribution in [0.5, 0.6) is 0 Å². The van der Waals surface area contributed by atoms with Crippen LogP contribution in [0.3, 0.4) is 0 Å². The Morgan fingerprint density at radius 2 is 2.28 bits per heavy atom. The average molecular weight is 292 g/mol. The van der Waals surface area contributed by atoms with E-state index in [0.29, 0.717) is 0 Å². The summed E-state index contributed by atoms with van der Waals surface area (Å²) in [5, 5.41) is 3.13. The fourth-order valence-electron chi connectivity index (χ4n) is 2.70. The van der Waals surface area contributed by atoms with Crippen LogP contribution in [0.4, 0.5) is 0 Å². The van der Waals surface area contributed by atoms with Crippen LogP contribution in [0, 0.1) is 5.92 Å². The molecule has 2 atom stereocenters. The van der Waals surface area contributed by atoms with E-state index in [9.17, 15) is 8.42 Å². The Balaban J connectivity index is 1.91. The lowest BCUT2D eigenvalue weighted by atomic mass is 10.0. The van der Waals surface area contributed by atoms with Crippen molar-refractivity contribution in [2.75, 3.05) is 43.4 Å². The van der Waals surface area contributed by atoms with Gasteiger partial charge in [-0.1, -0.05) is 6.92 Å². The quantitative estimate of drug-likeness (QED) is 0.812. The van der Waals surface area contributed by atoms with Crippen molar-refractivity contribution in [2.24, 2.45) is 5.92 Å². The van der Waals surface area contributed by atoms with Gasteiger partial charge in [0, 0.05) is 23.8 Å². The van der Waals surface area contributed by atoms with Gasteiger partial charge < -0.3 is 5.32 Å².